The Balaban J connectivity index is 0.00000220. The first-order valence-corrected chi connectivity index (χ1v) is 37.4. The van der Waals surface area contributed by atoms with Gasteiger partial charge in [0.05, 0.1) is 21.3 Å². The molecule has 548 valence electrons. The Bertz CT molecular complexity index is 3990. The maximum absolute atomic E-state index is 13.1. The Morgan fingerprint density at radius 2 is 1.25 bits per heavy atom. The lowest BCUT2D eigenvalue weighted by atomic mass is 9.81. The van der Waals surface area contributed by atoms with Gasteiger partial charge in [-0.25, -0.2) is 22.8 Å². The number of benzene rings is 3. The quantitative estimate of drug-likeness (QED) is 0.0168. The zero-order valence-electron chi connectivity index (χ0n) is 56.1. The van der Waals surface area contributed by atoms with E-state index in [1.165, 1.54) is 0 Å². The summed E-state index contributed by atoms with van der Waals surface area (Å²) in [4.78, 5) is 90.8. The Morgan fingerprint density at radius 1 is 0.670 bits per heavy atom. The second kappa shape index (κ2) is 42.3. The molecule has 3 amide bonds. The molecule has 2 atom stereocenters. The van der Waals surface area contributed by atoms with Crippen LogP contribution in [0.5, 0.6) is 5.75 Å². The first-order valence-electron chi connectivity index (χ1n) is 32.2. The standard InChI is InChI=1S/C66H87N5O16S2.CO2.2O3S/c1-65(2)51-24-11-13-26-55(51)70(41-15-17-43-88(81,82)83)57(65)38-32-47-21-19-22-48(33-39-58-66(3,4)52-25-12-14-27-56(52)71(58)42-16-18-44-89(84,85)86)61(47)87-50-35-30-46(31-36-50)45-54(63(78)79)68-59(73)28-10-8-6-5-7-9-23-49(72)34-37-53(62(76)77)69-64(80)67-40-20-29-60(74)75;2-1-3;2*1-4(2)3/h11-14,24-27,30-33,35-36,38-39,53-54H,5-10,15-23,28-29,34,37,40-45H2,1-4H3,(H7-,67,68,69,73,74,75,76,77,78,79,80,81,82,83,84,85,86);;;/t53-,54-;;;/m0.../s1. The molecule has 3 aromatic rings. The van der Waals surface area contributed by atoms with E-state index >= 15 is 0 Å². The van der Waals surface area contributed by atoms with Gasteiger partial charge in [-0.3, -0.25) is 18.9 Å². The third-order valence-electron chi connectivity index (χ3n) is 16.5. The van der Waals surface area contributed by atoms with Crippen molar-refractivity contribution in [3.8, 4) is 5.75 Å². The summed E-state index contributed by atoms with van der Waals surface area (Å²) in [6.45, 7) is 9.67. The number of unbranched alkanes of at least 4 members (excludes halogenated alkanes) is 7. The number of para-hydroxylation sites is 2. The van der Waals surface area contributed by atoms with E-state index in [2.05, 4.69) is 95.6 Å². The van der Waals surface area contributed by atoms with Crippen molar-refractivity contribution in [2.45, 2.75) is 179 Å². The van der Waals surface area contributed by atoms with Crippen LogP contribution in [-0.4, -0.2) is 162 Å². The SMILES string of the molecule is CC1(C)C(=CC=C2CCCC(C=CC3=[N+](CCCCS(=O)(=O)O)c4ccccc4C3(C)C)=C2Oc2ccc(C[C@H](NC(=O)CCCCCCCCC(=O)CC[C@H](NC(=O)NCCCC(=O)O)C(=O)O)C(=O)O)cc2)N(CCCCS(=O)(=O)[O-])c2ccccc21.O=C=O.O=S(=O)=O.O=S(=O)=O. The van der Waals surface area contributed by atoms with Gasteiger partial charge in [-0.05, 0) is 131 Å². The molecule has 0 unspecified atom stereocenters. The summed E-state index contributed by atoms with van der Waals surface area (Å²) in [5.41, 5.74) is 7.88. The number of allylic oxidation sites excluding steroid dienone is 7. The molecule has 100 heavy (non-hydrogen) atoms. The van der Waals surface area contributed by atoms with Gasteiger partial charge in [0.2, 0.25) is 11.6 Å². The smallest absolute Gasteiger partial charge is 0.425 e. The van der Waals surface area contributed by atoms with E-state index < -0.39 is 100.0 Å². The molecule has 0 aromatic heterocycles. The predicted octanol–water partition coefficient (Wildman–Crippen LogP) is 7.35. The van der Waals surface area contributed by atoms with Crippen molar-refractivity contribution in [2.24, 2.45) is 0 Å². The molecule has 0 saturated carbocycles. The fourth-order valence-electron chi connectivity index (χ4n) is 11.7. The van der Waals surface area contributed by atoms with Crippen LogP contribution in [0.1, 0.15) is 166 Å². The monoisotopic (exact) mass is 1470 g/mol. The van der Waals surface area contributed by atoms with Gasteiger partial charge in [-0.1, -0.05) is 94.1 Å². The molecule has 2 aliphatic heterocycles. The summed E-state index contributed by atoms with van der Waals surface area (Å²) >= 11 is 0. The molecule has 0 saturated heterocycles. The molecular formula is C67H87N5O24S4. The highest BCUT2D eigenvalue weighted by Gasteiger charge is 2.44. The Hall–Kier alpha value is -8.85. The van der Waals surface area contributed by atoms with Crippen LogP contribution in [0, 0.1) is 0 Å². The van der Waals surface area contributed by atoms with Crippen molar-refractivity contribution in [1.82, 2.24) is 16.0 Å². The van der Waals surface area contributed by atoms with Gasteiger partial charge >= 0.3 is 51.3 Å². The Morgan fingerprint density at radius 3 is 1.85 bits per heavy atom. The summed E-state index contributed by atoms with van der Waals surface area (Å²) in [5, 5.41) is 35.8. The lowest BCUT2D eigenvalue weighted by Gasteiger charge is -2.28. The van der Waals surface area contributed by atoms with Gasteiger partial charge < -0.3 is 45.5 Å². The van der Waals surface area contributed by atoms with E-state index in [9.17, 15) is 64.9 Å². The molecule has 0 bridgehead atoms. The number of aliphatic carboxylic acids is 3. The summed E-state index contributed by atoms with van der Waals surface area (Å²) in [7, 11) is -14.7. The van der Waals surface area contributed by atoms with E-state index in [1.54, 1.807) is 24.3 Å². The van der Waals surface area contributed by atoms with E-state index in [0.717, 1.165) is 70.7 Å². The highest BCUT2D eigenvalue weighted by atomic mass is 32.2. The number of urea groups is 1. The van der Waals surface area contributed by atoms with Gasteiger partial charge in [-0.2, -0.15) is 22.6 Å². The van der Waals surface area contributed by atoms with E-state index in [-0.39, 0.29) is 82.0 Å². The zero-order chi connectivity index (χ0) is 74.8. The van der Waals surface area contributed by atoms with Crippen molar-refractivity contribution in [3.63, 3.8) is 0 Å². The summed E-state index contributed by atoms with van der Waals surface area (Å²) in [6.07, 6.45) is 16.8. The van der Waals surface area contributed by atoms with Crippen LogP contribution >= 0.6 is 0 Å². The van der Waals surface area contributed by atoms with Crippen molar-refractivity contribution < 1.29 is 114 Å². The highest BCUT2D eigenvalue weighted by Crippen LogP contribution is 2.48. The van der Waals surface area contributed by atoms with Crippen molar-refractivity contribution >= 4 is 100 Å². The van der Waals surface area contributed by atoms with Crippen LogP contribution in [0.15, 0.2) is 120 Å². The van der Waals surface area contributed by atoms with Crippen LogP contribution in [0.25, 0.3) is 0 Å². The van der Waals surface area contributed by atoms with Crippen LogP contribution in [0.3, 0.4) is 0 Å². The summed E-state index contributed by atoms with van der Waals surface area (Å²) in [6, 6.07) is 20.1. The average molecular weight is 1470 g/mol. The van der Waals surface area contributed by atoms with E-state index in [4.69, 9.17) is 44.7 Å². The summed E-state index contributed by atoms with van der Waals surface area (Å²) in [5.74, 6) is -3.64. The van der Waals surface area contributed by atoms with Crippen molar-refractivity contribution in [3.05, 3.63) is 136 Å². The molecule has 33 heteroatoms. The molecule has 1 aliphatic carbocycles. The second-order valence-corrected chi connectivity index (χ2v) is 28.5. The number of amides is 3. The van der Waals surface area contributed by atoms with Gasteiger partial charge in [-0.15, -0.1) is 25.3 Å². The minimum absolute atomic E-state index is 0.0128. The topological polar surface area (TPSA) is 463 Å². The van der Waals surface area contributed by atoms with Crippen LogP contribution in [-0.2, 0) is 92.3 Å². The first-order chi connectivity index (χ1) is 47.0. The minimum Gasteiger partial charge on any atom is -0.748 e. The van der Waals surface area contributed by atoms with Crippen molar-refractivity contribution in [2.75, 3.05) is 36.0 Å². The van der Waals surface area contributed by atoms with Gasteiger partial charge in [0.25, 0.3) is 10.1 Å². The number of rotatable bonds is 37. The molecular weight excluding hydrogens is 1390 g/mol. The lowest BCUT2D eigenvalue weighted by Crippen LogP contribution is -2.46. The molecule has 6 rings (SSSR count). The third kappa shape index (κ3) is 30.7. The number of hydrogen-bond acceptors (Lipinski definition) is 21. The Labute approximate surface area is 584 Å². The number of fused-ring (bicyclic) bond motifs is 2. The zero-order valence-corrected chi connectivity index (χ0v) is 59.3. The largest absolute Gasteiger partial charge is 0.748 e. The third-order valence-corrected chi connectivity index (χ3v) is 18.1. The number of anilines is 1. The molecule has 3 aliphatic rings. The first kappa shape index (κ1) is 85.4. The number of nitrogens with one attached hydrogen (secondary N) is 3. The van der Waals surface area contributed by atoms with E-state index in [0.29, 0.717) is 75.1 Å². The molecule has 3 aromatic carbocycles. The number of carboxylic acids is 3. The van der Waals surface area contributed by atoms with Crippen LogP contribution in [0.4, 0.5) is 16.2 Å². The van der Waals surface area contributed by atoms with Crippen molar-refractivity contribution in [1.29, 1.82) is 0 Å². The number of ketones is 1. The Kier molecular flexibility index (Phi) is 36.1. The molecule has 7 N–H and O–H groups in total. The second-order valence-electron chi connectivity index (χ2n) is 24.6. The number of carboxylic acid groups (broad SMARTS) is 3. The number of carbonyl (C=O) groups excluding carboxylic acids is 5. The summed E-state index contributed by atoms with van der Waals surface area (Å²) < 4.78 is 127. The normalized spacial score (nSPS) is 15.6. The van der Waals surface area contributed by atoms with Gasteiger partial charge in [0.1, 0.15) is 35.9 Å². The number of hydrogen-bond donors (Lipinski definition) is 7. The van der Waals surface area contributed by atoms with Gasteiger partial charge in [0, 0.05) is 91.9 Å². The number of Topliss-reactive ketones (excluding diaryl/α,β-unsaturated/α-hetero) is 1. The average Bonchev–Trinajstić information content (AvgIpc) is 1.60. The number of ether oxygens (including phenoxy) is 1. The van der Waals surface area contributed by atoms with E-state index in [1.807, 2.05) is 30.3 Å². The maximum Gasteiger partial charge on any atom is 0.425 e. The maximum atomic E-state index is 13.1. The molecule has 0 radical (unpaired) electrons. The lowest BCUT2D eigenvalue weighted by molar-refractivity contribution is -0.438. The fourth-order valence-corrected chi connectivity index (χ4v) is 12.9. The molecule has 29 nitrogen and oxygen atoms in total. The van der Waals surface area contributed by atoms with Crippen LogP contribution in [0.2, 0.25) is 0 Å². The van der Waals surface area contributed by atoms with Crippen LogP contribution < -0.4 is 25.6 Å². The minimum atomic E-state index is -4.37. The number of nitrogens with zero attached hydrogens (tertiary/aromatic N) is 2. The molecule has 2 heterocycles. The molecule has 0 spiro atoms. The van der Waals surface area contributed by atoms with Gasteiger partial charge in [0.15, 0.2) is 5.71 Å². The fraction of sp³-hybridized carbons (Fsp3) is 0.493. The predicted molar refractivity (Wildman–Crippen MR) is 362 cm³/mol. The highest BCUT2D eigenvalue weighted by molar-refractivity contribution is 7.85. The molecule has 0 fully saturated rings. The number of carbonyl (C=O) groups is 6.